The molecule has 2 nitrogen and oxygen atoms in total. The van der Waals surface area contributed by atoms with E-state index < -0.39 is 5.92 Å². The molecule has 0 aliphatic heterocycles. The summed E-state index contributed by atoms with van der Waals surface area (Å²) in [6, 6.07) is 16.2. The number of nitrogens with zero attached hydrogens (tertiary/aromatic N) is 1. The topological polar surface area (TPSA) is 40.9 Å². The first kappa shape index (κ1) is 14.6. The molecule has 0 saturated heterocycles. The van der Waals surface area contributed by atoms with Gasteiger partial charge < -0.3 is 0 Å². The number of nitriles is 1. The molecule has 0 N–H and O–H groups in total. The van der Waals surface area contributed by atoms with Crippen LogP contribution in [-0.2, 0) is 0 Å². The Bertz CT molecular complexity index is 661. The van der Waals surface area contributed by atoms with E-state index >= 15 is 0 Å². The van der Waals surface area contributed by atoms with Crippen molar-refractivity contribution in [1.29, 1.82) is 5.26 Å². The summed E-state index contributed by atoms with van der Waals surface area (Å²) in [5.74, 6) is -0.986. The molecule has 0 saturated carbocycles. The molecule has 1 atom stereocenters. The molecule has 0 aliphatic rings. The molecule has 20 heavy (non-hydrogen) atoms. The molecule has 0 radical (unpaired) electrons. The summed E-state index contributed by atoms with van der Waals surface area (Å²) < 4.78 is 0. The van der Waals surface area contributed by atoms with Crippen molar-refractivity contribution < 1.29 is 4.79 Å². The van der Waals surface area contributed by atoms with Crippen LogP contribution in [0, 0.1) is 11.3 Å². The highest BCUT2D eigenvalue weighted by Gasteiger charge is 2.23. The fourth-order valence-electron chi connectivity index (χ4n) is 1.94. The van der Waals surface area contributed by atoms with Crippen LogP contribution in [0.25, 0.3) is 0 Å². The maximum atomic E-state index is 12.6. The minimum atomic E-state index is -0.805. The van der Waals surface area contributed by atoms with Crippen molar-refractivity contribution in [3.63, 3.8) is 0 Å². The lowest BCUT2D eigenvalue weighted by Gasteiger charge is -2.11. The molecule has 0 amide bonds. The SMILES string of the molecule is CSc1ccccc1C(=O)C(C#N)c1ccc(Cl)cc1. The van der Waals surface area contributed by atoms with E-state index in [-0.39, 0.29) is 5.78 Å². The first-order valence-electron chi connectivity index (χ1n) is 5.99. The number of Topliss-reactive ketones (excluding diaryl/α,β-unsaturated/α-hetero) is 1. The van der Waals surface area contributed by atoms with Crippen LogP contribution in [-0.4, -0.2) is 12.0 Å². The highest BCUT2D eigenvalue weighted by molar-refractivity contribution is 7.98. The summed E-state index contributed by atoms with van der Waals surface area (Å²) >= 11 is 7.33. The summed E-state index contributed by atoms with van der Waals surface area (Å²) in [5.41, 5.74) is 1.25. The predicted octanol–water partition coefficient (Wildman–Crippen LogP) is 4.55. The average molecular weight is 302 g/mol. The predicted molar refractivity (Wildman–Crippen MR) is 82.4 cm³/mol. The zero-order valence-corrected chi connectivity index (χ0v) is 12.4. The van der Waals surface area contributed by atoms with Crippen molar-refractivity contribution in [2.45, 2.75) is 10.8 Å². The lowest BCUT2D eigenvalue weighted by Crippen LogP contribution is -2.12. The smallest absolute Gasteiger partial charge is 0.185 e. The summed E-state index contributed by atoms with van der Waals surface area (Å²) in [6.45, 7) is 0. The van der Waals surface area contributed by atoms with Gasteiger partial charge in [-0.25, -0.2) is 0 Å². The molecule has 1 unspecified atom stereocenters. The molecule has 2 aromatic rings. The number of hydrogen-bond acceptors (Lipinski definition) is 3. The summed E-state index contributed by atoms with van der Waals surface area (Å²) in [7, 11) is 0. The van der Waals surface area contributed by atoms with Crippen molar-refractivity contribution >= 4 is 29.1 Å². The lowest BCUT2D eigenvalue weighted by molar-refractivity contribution is 0.0976. The number of ketones is 1. The van der Waals surface area contributed by atoms with Gasteiger partial charge in [0.05, 0.1) is 6.07 Å². The summed E-state index contributed by atoms with van der Waals surface area (Å²) in [4.78, 5) is 13.5. The Labute approximate surface area is 127 Å². The maximum absolute atomic E-state index is 12.6. The van der Waals surface area contributed by atoms with E-state index in [4.69, 9.17) is 11.6 Å². The van der Waals surface area contributed by atoms with E-state index in [9.17, 15) is 10.1 Å². The van der Waals surface area contributed by atoms with Crippen LogP contribution in [0.5, 0.6) is 0 Å². The highest BCUT2D eigenvalue weighted by atomic mass is 35.5. The Morgan fingerprint density at radius 2 is 1.85 bits per heavy atom. The Hall–Kier alpha value is -1.76. The fourth-order valence-corrected chi connectivity index (χ4v) is 2.67. The van der Waals surface area contributed by atoms with Crippen molar-refractivity contribution in [3.05, 3.63) is 64.7 Å². The van der Waals surface area contributed by atoms with Crippen LogP contribution in [0.15, 0.2) is 53.4 Å². The zero-order valence-electron chi connectivity index (χ0n) is 10.8. The first-order chi connectivity index (χ1) is 9.67. The van der Waals surface area contributed by atoms with Gasteiger partial charge in [-0.15, -0.1) is 11.8 Å². The number of benzene rings is 2. The van der Waals surface area contributed by atoms with E-state index in [1.54, 1.807) is 30.3 Å². The van der Waals surface area contributed by atoms with Crippen molar-refractivity contribution in [3.8, 4) is 6.07 Å². The molecular formula is C16H12ClNOS. The molecule has 2 aromatic carbocycles. The molecule has 2 rings (SSSR count). The largest absolute Gasteiger partial charge is 0.292 e. The van der Waals surface area contributed by atoms with E-state index in [0.717, 1.165) is 4.90 Å². The molecule has 0 aromatic heterocycles. The second kappa shape index (κ2) is 6.60. The third kappa shape index (κ3) is 3.04. The molecule has 0 bridgehead atoms. The number of halogens is 1. The highest BCUT2D eigenvalue weighted by Crippen LogP contribution is 2.27. The Morgan fingerprint density at radius 1 is 1.20 bits per heavy atom. The van der Waals surface area contributed by atoms with Gasteiger partial charge in [0.1, 0.15) is 5.92 Å². The molecular weight excluding hydrogens is 290 g/mol. The van der Waals surface area contributed by atoms with E-state index in [0.29, 0.717) is 16.1 Å². The normalized spacial score (nSPS) is 11.7. The van der Waals surface area contributed by atoms with E-state index in [2.05, 4.69) is 6.07 Å². The van der Waals surface area contributed by atoms with E-state index in [1.807, 2.05) is 24.5 Å². The zero-order chi connectivity index (χ0) is 14.5. The van der Waals surface area contributed by atoms with Crippen LogP contribution < -0.4 is 0 Å². The standard InChI is InChI=1S/C16H12ClNOS/c1-20-15-5-3-2-4-13(15)16(19)14(10-18)11-6-8-12(17)9-7-11/h2-9,14H,1H3. The van der Waals surface area contributed by atoms with Gasteiger partial charge in [-0.2, -0.15) is 5.26 Å². The first-order valence-corrected chi connectivity index (χ1v) is 7.60. The van der Waals surface area contributed by atoms with Crippen molar-refractivity contribution in [2.24, 2.45) is 0 Å². The monoisotopic (exact) mass is 301 g/mol. The molecule has 4 heteroatoms. The third-order valence-electron chi connectivity index (χ3n) is 2.97. The fraction of sp³-hybridized carbons (Fsp3) is 0.125. The van der Waals surface area contributed by atoms with Gasteiger partial charge in [-0.05, 0) is 30.0 Å². The maximum Gasteiger partial charge on any atom is 0.185 e. The van der Waals surface area contributed by atoms with Crippen LogP contribution in [0.4, 0.5) is 0 Å². The Kier molecular flexibility index (Phi) is 4.84. The van der Waals surface area contributed by atoms with E-state index in [1.165, 1.54) is 11.8 Å². The Morgan fingerprint density at radius 3 is 2.45 bits per heavy atom. The van der Waals surface area contributed by atoms with Crippen LogP contribution >= 0.6 is 23.4 Å². The van der Waals surface area contributed by atoms with Gasteiger partial charge in [0.25, 0.3) is 0 Å². The number of carbonyl (C=O) groups is 1. The number of rotatable bonds is 4. The average Bonchev–Trinajstić information content (AvgIpc) is 2.49. The van der Waals surface area contributed by atoms with Gasteiger partial charge in [-0.1, -0.05) is 41.9 Å². The molecule has 0 aliphatic carbocycles. The van der Waals surface area contributed by atoms with Crippen molar-refractivity contribution in [1.82, 2.24) is 0 Å². The lowest BCUT2D eigenvalue weighted by atomic mass is 9.92. The van der Waals surface area contributed by atoms with Gasteiger partial charge in [-0.3, -0.25) is 4.79 Å². The number of carbonyl (C=O) groups excluding carboxylic acids is 1. The molecule has 0 spiro atoms. The van der Waals surface area contributed by atoms with Crippen LogP contribution in [0.3, 0.4) is 0 Å². The second-order valence-electron chi connectivity index (χ2n) is 4.18. The molecule has 0 fully saturated rings. The molecule has 0 heterocycles. The van der Waals surface area contributed by atoms with Gasteiger partial charge in [0.15, 0.2) is 5.78 Å². The van der Waals surface area contributed by atoms with Gasteiger partial charge >= 0.3 is 0 Å². The van der Waals surface area contributed by atoms with Gasteiger partial charge in [0.2, 0.25) is 0 Å². The number of thioether (sulfide) groups is 1. The summed E-state index contributed by atoms with van der Waals surface area (Å²) in [6.07, 6.45) is 1.91. The minimum absolute atomic E-state index is 0.181. The summed E-state index contributed by atoms with van der Waals surface area (Å²) in [5, 5.41) is 9.92. The Balaban J connectivity index is 2.39. The minimum Gasteiger partial charge on any atom is -0.292 e. The third-order valence-corrected chi connectivity index (χ3v) is 4.01. The van der Waals surface area contributed by atoms with Crippen LogP contribution in [0.2, 0.25) is 5.02 Å². The van der Waals surface area contributed by atoms with Crippen molar-refractivity contribution in [2.75, 3.05) is 6.26 Å². The quantitative estimate of drug-likeness (QED) is 0.614. The van der Waals surface area contributed by atoms with Crippen LogP contribution in [0.1, 0.15) is 21.8 Å². The molecule has 100 valence electrons. The second-order valence-corrected chi connectivity index (χ2v) is 5.46. The number of hydrogen-bond donors (Lipinski definition) is 0. The van der Waals surface area contributed by atoms with Gasteiger partial charge in [0, 0.05) is 15.5 Å².